The van der Waals surface area contributed by atoms with Crippen LogP contribution in [0.3, 0.4) is 0 Å². The smallest absolute Gasteiger partial charge is 0.262 e. The van der Waals surface area contributed by atoms with Crippen LogP contribution in [0.25, 0.3) is 10.9 Å². The van der Waals surface area contributed by atoms with Crippen LogP contribution in [-0.2, 0) is 10.0 Å². The lowest BCUT2D eigenvalue weighted by Gasteiger charge is -2.12. The van der Waals surface area contributed by atoms with Gasteiger partial charge >= 0.3 is 0 Å². The molecule has 1 amide bonds. The lowest BCUT2D eigenvalue weighted by atomic mass is 10.1. The first-order chi connectivity index (χ1) is 16.9. The van der Waals surface area contributed by atoms with Crippen LogP contribution in [-0.4, -0.2) is 32.5 Å². The van der Waals surface area contributed by atoms with Crippen LogP contribution in [0.15, 0.2) is 82.5 Å². The van der Waals surface area contributed by atoms with Crippen molar-refractivity contribution in [3.05, 3.63) is 88.7 Å². The van der Waals surface area contributed by atoms with Crippen molar-refractivity contribution >= 4 is 38.2 Å². The fourth-order valence-corrected chi connectivity index (χ4v) is 4.73. The first-order valence-electron chi connectivity index (χ1n) is 10.8. The summed E-state index contributed by atoms with van der Waals surface area (Å²) in [6, 6.07) is 19.3. The molecule has 1 aromatic heterocycles. The van der Waals surface area contributed by atoms with Gasteiger partial charge in [0.25, 0.3) is 21.5 Å². The molecule has 5 rings (SSSR count). The van der Waals surface area contributed by atoms with Crippen molar-refractivity contribution in [1.29, 1.82) is 0 Å². The first-order valence-corrected chi connectivity index (χ1v) is 12.3. The third-order valence-corrected chi connectivity index (χ3v) is 6.80. The summed E-state index contributed by atoms with van der Waals surface area (Å²) in [6.07, 6.45) is 0.715. The van der Waals surface area contributed by atoms with Gasteiger partial charge in [-0.25, -0.2) is 8.42 Å². The molecular formula is C25H21N3O6S. The number of hydrogen-bond acceptors (Lipinski definition) is 6. The molecule has 0 fully saturated rings. The maximum absolute atomic E-state index is 12.9. The van der Waals surface area contributed by atoms with Crippen molar-refractivity contribution in [3.8, 4) is 11.5 Å². The minimum atomic E-state index is -3.88. The molecule has 9 nitrogen and oxygen atoms in total. The van der Waals surface area contributed by atoms with E-state index in [1.807, 2.05) is 6.07 Å². The van der Waals surface area contributed by atoms with Crippen molar-refractivity contribution in [2.75, 3.05) is 23.3 Å². The highest BCUT2D eigenvalue weighted by atomic mass is 32.2. The molecule has 35 heavy (non-hydrogen) atoms. The molecular weight excluding hydrogens is 470 g/mol. The van der Waals surface area contributed by atoms with Crippen molar-refractivity contribution in [2.45, 2.75) is 11.3 Å². The molecule has 4 aromatic rings. The number of para-hydroxylation sites is 1. The molecule has 0 spiro atoms. The summed E-state index contributed by atoms with van der Waals surface area (Å²) in [5.41, 5.74) is 0.822. The topological polar surface area (TPSA) is 127 Å². The summed E-state index contributed by atoms with van der Waals surface area (Å²) in [6.45, 7) is 0.956. The third kappa shape index (κ3) is 4.82. The fourth-order valence-electron chi connectivity index (χ4n) is 3.66. The fraction of sp³-hybridized carbons (Fsp3) is 0.120. The molecule has 3 aromatic carbocycles. The Balaban J connectivity index is 1.30. The van der Waals surface area contributed by atoms with Gasteiger partial charge in [-0.15, -0.1) is 0 Å². The maximum atomic E-state index is 12.9. The molecule has 0 bridgehead atoms. The van der Waals surface area contributed by atoms with Gasteiger partial charge in [-0.3, -0.25) is 14.3 Å². The summed E-state index contributed by atoms with van der Waals surface area (Å²) in [5.74, 6) is 0.316. The Kier molecular flexibility index (Phi) is 5.87. The van der Waals surface area contributed by atoms with E-state index in [-0.39, 0.29) is 10.5 Å². The summed E-state index contributed by atoms with van der Waals surface area (Å²) < 4.78 is 39.3. The minimum Gasteiger partial charge on any atom is -0.490 e. The van der Waals surface area contributed by atoms with Crippen molar-refractivity contribution in [1.82, 2.24) is 4.98 Å². The normalized spacial score (nSPS) is 13.1. The molecule has 1 aliphatic heterocycles. The zero-order chi connectivity index (χ0) is 24.4. The predicted molar refractivity (Wildman–Crippen MR) is 132 cm³/mol. The van der Waals surface area contributed by atoms with Crippen molar-refractivity contribution in [3.63, 3.8) is 0 Å². The van der Waals surface area contributed by atoms with E-state index in [2.05, 4.69) is 15.0 Å². The van der Waals surface area contributed by atoms with E-state index in [0.29, 0.717) is 48.0 Å². The van der Waals surface area contributed by atoms with E-state index < -0.39 is 21.5 Å². The number of nitrogens with one attached hydrogen (secondary N) is 3. The highest BCUT2D eigenvalue weighted by molar-refractivity contribution is 7.92. The number of sulfonamides is 1. The number of ether oxygens (including phenoxy) is 2. The number of anilines is 2. The number of pyridine rings is 1. The Labute approximate surface area is 200 Å². The Morgan fingerprint density at radius 2 is 1.57 bits per heavy atom. The number of amides is 1. The SMILES string of the molecule is O=C(Nc1ccc(NS(=O)(=O)c2ccc3c(c2)OCCCO3)cc1)c1cc2ccccc2[nH]c1=O. The van der Waals surface area contributed by atoms with Gasteiger partial charge in [-0.05, 0) is 53.9 Å². The molecule has 2 heterocycles. The Bertz CT molecular complexity index is 1580. The number of hydrogen-bond donors (Lipinski definition) is 3. The zero-order valence-electron chi connectivity index (χ0n) is 18.4. The molecule has 10 heteroatoms. The lowest BCUT2D eigenvalue weighted by Crippen LogP contribution is -2.23. The van der Waals surface area contributed by atoms with Crippen LogP contribution in [0, 0.1) is 0 Å². The average molecular weight is 492 g/mol. The number of rotatable bonds is 5. The summed E-state index contributed by atoms with van der Waals surface area (Å²) >= 11 is 0. The highest BCUT2D eigenvalue weighted by Crippen LogP contribution is 2.32. The first kappa shape index (κ1) is 22.5. The molecule has 3 N–H and O–H groups in total. The van der Waals surface area contributed by atoms with Crippen LogP contribution >= 0.6 is 0 Å². The molecule has 1 aliphatic rings. The number of aromatic amines is 1. The van der Waals surface area contributed by atoms with E-state index in [4.69, 9.17) is 9.47 Å². The molecule has 0 radical (unpaired) electrons. The van der Waals surface area contributed by atoms with E-state index in [1.54, 1.807) is 36.4 Å². The minimum absolute atomic E-state index is 0.0251. The monoisotopic (exact) mass is 491 g/mol. The second-order valence-corrected chi connectivity index (χ2v) is 9.58. The summed E-state index contributed by atoms with van der Waals surface area (Å²) in [4.78, 5) is 27.7. The van der Waals surface area contributed by atoms with Crippen molar-refractivity contribution in [2.24, 2.45) is 0 Å². The molecule has 0 aliphatic carbocycles. The van der Waals surface area contributed by atoms with E-state index >= 15 is 0 Å². The molecule has 0 atom stereocenters. The number of fused-ring (bicyclic) bond motifs is 2. The number of aromatic nitrogens is 1. The maximum Gasteiger partial charge on any atom is 0.262 e. The average Bonchev–Trinajstić information content (AvgIpc) is 3.09. The standard InChI is InChI=1S/C25H21N3O6S/c29-24(20-14-16-4-1-2-5-21(16)27-25(20)30)26-17-6-8-18(9-7-17)28-35(31,32)19-10-11-22-23(15-19)34-13-3-12-33-22/h1-2,4-11,14-15,28H,3,12-13H2,(H,26,29)(H,27,30). The second-order valence-electron chi connectivity index (χ2n) is 7.90. The summed E-state index contributed by atoms with van der Waals surface area (Å²) in [7, 11) is -3.88. The van der Waals surface area contributed by atoms with Crippen LogP contribution < -0.4 is 25.1 Å². The van der Waals surface area contributed by atoms with Crippen LogP contribution in [0.4, 0.5) is 11.4 Å². The van der Waals surface area contributed by atoms with Crippen LogP contribution in [0.5, 0.6) is 11.5 Å². The van der Waals surface area contributed by atoms with Gasteiger partial charge in [0.15, 0.2) is 11.5 Å². The van der Waals surface area contributed by atoms with Crippen molar-refractivity contribution < 1.29 is 22.7 Å². The molecule has 0 unspecified atom stereocenters. The van der Waals surface area contributed by atoms with Gasteiger partial charge in [0.1, 0.15) is 5.56 Å². The van der Waals surface area contributed by atoms with E-state index in [1.165, 1.54) is 30.3 Å². The van der Waals surface area contributed by atoms with Gasteiger partial charge in [0.05, 0.1) is 18.1 Å². The predicted octanol–water partition coefficient (Wildman–Crippen LogP) is 3.74. The van der Waals surface area contributed by atoms with Gasteiger partial charge in [0, 0.05) is 29.4 Å². The van der Waals surface area contributed by atoms with Gasteiger partial charge in [-0.2, -0.15) is 0 Å². The van der Waals surface area contributed by atoms with Crippen LogP contribution in [0.2, 0.25) is 0 Å². The number of carbonyl (C=O) groups is 1. The molecule has 0 saturated heterocycles. The lowest BCUT2D eigenvalue weighted by molar-refractivity contribution is 0.102. The summed E-state index contributed by atoms with van der Waals surface area (Å²) in [5, 5.41) is 3.39. The number of H-pyrrole nitrogens is 1. The van der Waals surface area contributed by atoms with Gasteiger partial charge in [0.2, 0.25) is 0 Å². The van der Waals surface area contributed by atoms with Gasteiger partial charge < -0.3 is 19.8 Å². The second kappa shape index (κ2) is 9.15. The Morgan fingerprint density at radius 3 is 2.37 bits per heavy atom. The zero-order valence-corrected chi connectivity index (χ0v) is 19.2. The Hall–Kier alpha value is -4.31. The number of carbonyl (C=O) groups excluding carboxylic acids is 1. The Morgan fingerprint density at radius 1 is 0.857 bits per heavy atom. The largest absolute Gasteiger partial charge is 0.490 e. The molecule has 178 valence electrons. The highest BCUT2D eigenvalue weighted by Gasteiger charge is 2.19. The van der Waals surface area contributed by atoms with Crippen LogP contribution in [0.1, 0.15) is 16.8 Å². The third-order valence-electron chi connectivity index (χ3n) is 5.42. The molecule has 0 saturated carbocycles. The van der Waals surface area contributed by atoms with Gasteiger partial charge in [-0.1, -0.05) is 18.2 Å². The van der Waals surface area contributed by atoms with E-state index in [0.717, 1.165) is 5.39 Å². The quantitative estimate of drug-likeness (QED) is 0.390. The number of benzene rings is 3. The van der Waals surface area contributed by atoms with E-state index in [9.17, 15) is 18.0 Å².